The molecule has 1 saturated carbocycles. The molecule has 0 radical (unpaired) electrons. The van der Waals surface area contributed by atoms with Crippen molar-refractivity contribution < 1.29 is 18.4 Å². The van der Waals surface area contributed by atoms with Crippen LogP contribution < -0.4 is 10.6 Å². The molecule has 26 heavy (non-hydrogen) atoms. The van der Waals surface area contributed by atoms with Gasteiger partial charge in [-0.3, -0.25) is 9.59 Å². The van der Waals surface area contributed by atoms with Crippen molar-refractivity contribution >= 4 is 17.5 Å². The highest BCUT2D eigenvalue weighted by Gasteiger charge is 2.17. The van der Waals surface area contributed by atoms with Crippen molar-refractivity contribution in [2.45, 2.75) is 38.1 Å². The number of anilines is 1. The maximum atomic E-state index is 13.2. The van der Waals surface area contributed by atoms with Gasteiger partial charge in [-0.05, 0) is 49.2 Å². The minimum atomic E-state index is -1.03. The average Bonchev–Trinajstić information content (AvgIpc) is 2.65. The Morgan fingerprint density at radius 3 is 2.04 bits per heavy atom. The zero-order chi connectivity index (χ0) is 18.5. The van der Waals surface area contributed by atoms with Crippen LogP contribution >= 0.6 is 0 Å². The molecule has 0 aromatic heterocycles. The van der Waals surface area contributed by atoms with Gasteiger partial charge >= 0.3 is 0 Å². The molecule has 6 heteroatoms. The van der Waals surface area contributed by atoms with Crippen LogP contribution in [0.25, 0.3) is 0 Å². The second-order valence-corrected chi connectivity index (χ2v) is 6.47. The molecule has 2 amide bonds. The Hall–Kier alpha value is -2.76. The van der Waals surface area contributed by atoms with Crippen LogP contribution in [0.3, 0.4) is 0 Å². The lowest BCUT2D eigenvalue weighted by atomic mass is 9.95. The average molecular weight is 358 g/mol. The van der Waals surface area contributed by atoms with Crippen LogP contribution in [0.2, 0.25) is 0 Å². The SMILES string of the molecule is O=C(Nc1ccc(F)c(F)c1)c1ccc(C(=O)NC2CCCCC2)cc1. The van der Waals surface area contributed by atoms with Gasteiger partial charge in [0.05, 0.1) is 0 Å². The van der Waals surface area contributed by atoms with Gasteiger partial charge in [0.15, 0.2) is 11.6 Å². The molecule has 1 aliphatic carbocycles. The molecular formula is C20H20F2N2O2. The van der Waals surface area contributed by atoms with Crippen molar-refractivity contribution in [3.05, 3.63) is 65.2 Å². The molecule has 136 valence electrons. The first-order valence-electron chi connectivity index (χ1n) is 8.70. The Kier molecular flexibility index (Phi) is 5.61. The number of hydrogen-bond acceptors (Lipinski definition) is 2. The minimum absolute atomic E-state index is 0.149. The van der Waals surface area contributed by atoms with Gasteiger partial charge in [0.1, 0.15) is 0 Å². The van der Waals surface area contributed by atoms with Crippen LogP contribution in [-0.4, -0.2) is 17.9 Å². The monoisotopic (exact) mass is 358 g/mol. The predicted molar refractivity (Wildman–Crippen MR) is 95.1 cm³/mol. The molecule has 2 aromatic rings. The van der Waals surface area contributed by atoms with E-state index < -0.39 is 17.5 Å². The molecule has 0 spiro atoms. The summed E-state index contributed by atoms with van der Waals surface area (Å²) >= 11 is 0. The summed E-state index contributed by atoms with van der Waals surface area (Å²) in [5, 5.41) is 5.51. The number of hydrogen-bond donors (Lipinski definition) is 2. The fraction of sp³-hybridized carbons (Fsp3) is 0.300. The molecule has 0 aliphatic heterocycles. The summed E-state index contributed by atoms with van der Waals surface area (Å²) in [6.07, 6.45) is 5.48. The van der Waals surface area contributed by atoms with Gasteiger partial charge in [-0.15, -0.1) is 0 Å². The van der Waals surface area contributed by atoms with Gasteiger partial charge < -0.3 is 10.6 Å². The summed E-state index contributed by atoms with van der Waals surface area (Å²) in [6.45, 7) is 0. The molecule has 1 aliphatic rings. The van der Waals surface area contributed by atoms with Crippen LogP contribution in [0.4, 0.5) is 14.5 Å². The number of carbonyl (C=O) groups excluding carboxylic acids is 2. The third kappa shape index (κ3) is 4.45. The molecule has 4 nitrogen and oxygen atoms in total. The quantitative estimate of drug-likeness (QED) is 0.857. The van der Waals surface area contributed by atoms with Gasteiger partial charge in [-0.25, -0.2) is 8.78 Å². The van der Waals surface area contributed by atoms with E-state index in [0.29, 0.717) is 11.1 Å². The van der Waals surface area contributed by atoms with Crippen molar-refractivity contribution in [3.63, 3.8) is 0 Å². The number of halogens is 2. The molecule has 3 rings (SSSR count). The zero-order valence-corrected chi connectivity index (χ0v) is 14.2. The molecule has 0 saturated heterocycles. The first kappa shape index (κ1) is 18.0. The van der Waals surface area contributed by atoms with E-state index in [0.717, 1.165) is 37.8 Å². The summed E-state index contributed by atoms with van der Waals surface area (Å²) in [5.41, 5.74) is 0.969. The van der Waals surface area contributed by atoms with Crippen molar-refractivity contribution in [3.8, 4) is 0 Å². The fourth-order valence-corrected chi connectivity index (χ4v) is 3.07. The highest BCUT2D eigenvalue weighted by molar-refractivity contribution is 6.05. The number of rotatable bonds is 4. The largest absolute Gasteiger partial charge is 0.349 e. The van der Waals surface area contributed by atoms with Crippen molar-refractivity contribution in [2.75, 3.05) is 5.32 Å². The molecule has 2 N–H and O–H groups in total. The van der Waals surface area contributed by atoms with E-state index in [-0.39, 0.29) is 17.6 Å². The second-order valence-electron chi connectivity index (χ2n) is 6.47. The number of nitrogens with one attached hydrogen (secondary N) is 2. The lowest BCUT2D eigenvalue weighted by Gasteiger charge is -2.22. The Bertz CT molecular complexity index is 800. The Morgan fingerprint density at radius 2 is 1.42 bits per heavy atom. The van der Waals surface area contributed by atoms with Crippen LogP contribution in [0.15, 0.2) is 42.5 Å². The Balaban J connectivity index is 1.61. The molecular weight excluding hydrogens is 338 g/mol. The highest BCUT2D eigenvalue weighted by Crippen LogP contribution is 2.18. The van der Waals surface area contributed by atoms with Gasteiger partial charge in [0.25, 0.3) is 11.8 Å². The number of amides is 2. The van der Waals surface area contributed by atoms with Crippen LogP contribution in [0, 0.1) is 11.6 Å². The Labute approximate surface area is 150 Å². The Morgan fingerprint density at radius 1 is 0.808 bits per heavy atom. The zero-order valence-electron chi connectivity index (χ0n) is 14.2. The molecule has 1 fully saturated rings. The minimum Gasteiger partial charge on any atom is -0.349 e. The number of benzene rings is 2. The van der Waals surface area contributed by atoms with Crippen LogP contribution in [0.1, 0.15) is 52.8 Å². The first-order valence-corrected chi connectivity index (χ1v) is 8.70. The molecule has 2 aromatic carbocycles. The van der Waals surface area contributed by atoms with Gasteiger partial charge in [-0.2, -0.15) is 0 Å². The van der Waals surface area contributed by atoms with Crippen molar-refractivity contribution in [2.24, 2.45) is 0 Å². The number of carbonyl (C=O) groups is 2. The standard InChI is InChI=1S/C20H20F2N2O2/c21-17-11-10-16(12-18(17)22)24-20(26)14-8-6-13(7-9-14)19(25)23-15-4-2-1-3-5-15/h6-12,15H,1-5H2,(H,23,25)(H,24,26). The summed E-state index contributed by atoms with van der Waals surface area (Å²) in [5.74, 6) is -2.62. The molecule has 0 unspecified atom stereocenters. The lowest BCUT2D eigenvalue weighted by Crippen LogP contribution is -2.36. The predicted octanol–water partition coefficient (Wildman–Crippen LogP) is 4.28. The maximum absolute atomic E-state index is 13.2. The molecule has 0 bridgehead atoms. The topological polar surface area (TPSA) is 58.2 Å². The fourth-order valence-electron chi connectivity index (χ4n) is 3.07. The van der Waals surface area contributed by atoms with Crippen LogP contribution in [-0.2, 0) is 0 Å². The van der Waals surface area contributed by atoms with E-state index >= 15 is 0 Å². The maximum Gasteiger partial charge on any atom is 0.255 e. The van der Waals surface area contributed by atoms with E-state index in [1.54, 1.807) is 12.1 Å². The van der Waals surface area contributed by atoms with E-state index in [9.17, 15) is 18.4 Å². The van der Waals surface area contributed by atoms with E-state index in [4.69, 9.17) is 0 Å². The summed E-state index contributed by atoms with van der Waals surface area (Å²) < 4.78 is 26.1. The molecule has 0 heterocycles. The third-order valence-corrected chi connectivity index (χ3v) is 4.53. The van der Waals surface area contributed by atoms with Crippen molar-refractivity contribution in [1.29, 1.82) is 0 Å². The highest BCUT2D eigenvalue weighted by atomic mass is 19.2. The van der Waals surface area contributed by atoms with Gasteiger partial charge in [-0.1, -0.05) is 19.3 Å². The summed E-state index contributed by atoms with van der Waals surface area (Å²) in [4.78, 5) is 24.4. The third-order valence-electron chi connectivity index (χ3n) is 4.53. The smallest absolute Gasteiger partial charge is 0.255 e. The van der Waals surface area contributed by atoms with Crippen LogP contribution in [0.5, 0.6) is 0 Å². The van der Waals surface area contributed by atoms with E-state index in [2.05, 4.69) is 10.6 Å². The molecule has 0 atom stereocenters. The summed E-state index contributed by atoms with van der Waals surface area (Å²) in [7, 11) is 0. The second kappa shape index (κ2) is 8.08. The first-order chi connectivity index (χ1) is 12.5. The van der Waals surface area contributed by atoms with E-state index in [1.165, 1.54) is 24.6 Å². The van der Waals surface area contributed by atoms with Gasteiger partial charge in [0, 0.05) is 28.9 Å². The van der Waals surface area contributed by atoms with Crippen molar-refractivity contribution in [1.82, 2.24) is 5.32 Å². The van der Waals surface area contributed by atoms with E-state index in [1.807, 2.05) is 0 Å². The lowest BCUT2D eigenvalue weighted by molar-refractivity contribution is 0.0926. The normalized spacial score (nSPS) is 14.7. The summed E-state index contributed by atoms with van der Waals surface area (Å²) in [6, 6.07) is 9.59. The van der Waals surface area contributed by atoms with Gasteiger partial charge in [0.2, 0.25) is 0 Å².